The molecule has 0 radical (unpaired) electrons. The molecule has 4 heteroatoms. The molecule has 4 nitrogen and oxygen atoms in total. The quantitative estimate of drug-likeness (QED) is 0.732. The predicted octanol–water partition coefficient (Wildman–Crippen LogP) is 4.19. The van der Waals surface area contributed by atoms with Crippen molar-refractivity contribution < 1.29 is 19.3 Å². The Morgan fingerprint density at radius 2 is 1.60 bits per heavy atom. The molecule has 0 aliphatic heterocycles. The van der Waals surface area contributed by atoms with Gasteiger partial charge in [-0.2, -0.15) is 0 Å². The summed E-state index contributed by atoms with van der Waals surface area (Å²) in [5.41, 5.74) is 0.496. The maximum atomic E-state index is 11.1. The largest absolute Gasteiger partial charge is 0.493 e. The van der Waals surface area contributed by atoms with Crippen LogP contribution in [0.3, 0.4) is 0 Å². The summed E-state index contributed by atoms with van der Waals surface area (Å²) in [4.78, 5) is 0. The van der Waals surface area contributed by atoms with Gasteiger partial charge in [-0.05, 0) is 29.3 Å². The topological polar surface area (TPSA) is 47.9 Å². The van der Waals surface area contributed by atoms with Crippen LogP contribution in [0.4, 0.5) is 0 Å². The molecule has 2 aromatic carbocycles. The molecular formula is C21H24O4. The zero-order valence-corrected chi connectivity index (χ0v) is 14.9. The maximum Gasteiger partial charge on any atom is 0.203 e. The van der Waals surface area contributed by atoms with E-state index in [-0.39, 0.29) is 0 Å². The molecule has 25 heavy (non-hydrogen) atoms. The first-order chi connectivity index (χ1) is 12.1. The first kappa shape index (κ1) is 18.6. The second-order valence-electron chi connectivity index (χ2n) is 5.58. The fraction of sp³-hybridized carbons (Fsp3) is 0.238. The second-order valence-corrected chi connectivity index (χ2v) is 5.58. The molecule has 1 atom stereocenters. The Labute approximate surface area is 149 Å². The van der Waals surface area contributed by atoms with Gasteiger partial charge in [-0.15, -0.1) is 6.58 Å². The lowest BCUT2D eigenvalue weighted by Crippen LogP contribution is -2.21. The van der Waals surface area contributed by atoms with Gasteiger partial charge in [-0.1, -0.05) is 42.5 Å². The standard InChI is InChI=1S/C21H24O4/c1-5-12-21(22,17-9-7-6-8-10-17)13-11-16-14-18(23-2)20(25-4)19(15-16)24-3/h5-11,13-15,22H,1,12H2,2-4H3/b13-11+. The van der Waals surface area contributed by atoms with Crippen molar-refractivity contribution in [2.45, 2.75) is 12.0 Å². The van der Waals surface area contributed by atoms with Crippen LogP contribution in [-0.2, 0) is 5.60 Å². The van der Waals surface area contributed by atoms with E-state index in [2.05, 4.69) is 6.58 Å². The van der Waals surface area contributed by atoms with Gasteiger partial charge in [0.05, 0.1) is 21.3 Å². The average molecular weight is 340 g/mol. The predicted molar refractivity (Wildman–Crippen MR) is 100 cm³/mol. The molecule has 0 fully saturated rings. The molecule has 1 N–H and O–H groups in total. The molecule has 0 amide bonds. The van der Waals surface area contributed by atoms with Crippen molar-refractivity contribution in [3.8, 4) is 17.2 Å². The molecule has 0 aromatic heterocycles. The van der Waals surface area contributed by atoms with Crippen molar-refractivity contribution >= 4 is 6.08 Å². The molecule has 0 saturated carbocycles. The Kier molecular flexibility index (Phi) is 6.25. The third-order valence-electron chi connectivity index (χ3n) is 3.97. The van der Waals surface area contributed by atoms with Crippen LogP contribution < -0.4 is 14.2 Å². The summed E-state index contributed by atoms with van der Waals surface area (Å²) >= 11 is 0. The Balaban J connectivity index is 2.43. The summed E-state index contributed by atoms with van der Waals surface area (Å²) in [5, 5.41) is 11.1. The van der Waals surface area contributed by atoms with Gasteiger partial charge >= 0.3 is 0 Å². The number of aliphatic hydroxyl groups is 1. The minimum Gasteiger partial charge on any atom is -0.493 e. The van der Waals surface area contributed by atoms with E-state index in [1.807, 2.05) is 48.5 Å². The molecule has 2 rings (SSSR count). The van der Waals surface area contributed by atoms with E-state index >= 15 is 0 Å². The molecule has 1 unspecified atom stereocenters. The normalized spacial score (nSPS) is 13.3. The molecule has 0 aliphatic carbocycles. The molecule has 132 valence electrons. The molecule has 0 heterocycles. The Morgan fingerprint density at radius 1 is 1.00 bits per heavy atom. The summed E-state index contributed by atoms with van der Waals surface area (Å²) < 4.78 is 16.1. The van der Waals surface area contributed by atoms with E-state index in [4.69, 9.17) is 14.2 Å². The SMILES string of the molecule is C=CCC(O)(/C=C/c1cc(OC)c(OC)c(OC)c1)c1ccccc1. The van der Waals surface area contributed by atoms with Crippen molar-refractivity contribution in [2.24, 2.45) is 0 Å². The van der Waals surface area contributed by atoms with Gasteiger partial charge < -0.3 is 19.3 Å². The van der Waals surface area contributed by atoms with Crippen molar-refractivity contribution in [2.75, 3.05) is 21.3 Å². The lowest BCUT2D eigenvalue weighted by molar-refractivity contribution is 0.0938. The van der Waals surface area contributed by atoms with Crippen molar-refractivity contribution in [1.29, 1.82) is 0 Å². The summed E-state index contributed by atoms with van der Waals surface area (Å²) in [7, 11) is 4.71. The minimum absolute atomic E-state index is 0.401. The van der Waals surface area contributed by atoms with Crippen molar-refractivity contribution in [3.05, 3.63) is 72.3 Å². The van der Waals surface area contributed by atoms with Crippen molar-refractivity contribution in [1.82, 2.24) is 0 Å². The van der Waals surface area contributed by atoms with Gasteiger partial charge in [0.15, 0.2) is 11.5 Å². The van der Waals surface area contributed by atoms with Crippen LogP contribution in [0.15, 0.2) is 61.2 Å². The summed E-state index contributed by atoms with van der Waals surface area (Å²) in [6.07, 6.45) is 5.69. The number of hydrogen-bond donors (Lipinski definition) is 1. The van der Waals surface area contributed by atoms with Crippen LogP contribution in [0.2, 0.25) is 0 Å². The van der Waals surface area contributed by atoms with Crippen LogP contribution in [0.1, 0.15) is 17.5 Å². The van der Waals surface area contributed by atoms with Gasteiger partial charge in [0, 0.05) is 6.42 Å². The van der Waals surface area contributed by atoms with Crippen LogP contribution in [0.25, 0.3) is 6.08 Å². The fourth-order valence-electron chi connectivity index (χ4n) is 2.66. The number of ether oxygens (including phenoxy) is 3. The van der Waals surface area contributed by atoms with E-state index in [9.17, 15) is 5.11 Å². The van der Waals surface area contributed by atoms with Gasteiger partial charge in [-0.3, -0.25) is 0 Å². The lowest BCUT2D eigenvalue weighted by atomic mass is 9.89. The van der Waals surface area contributed by atoms with Crippen LogP contribution in [0, 0.1) is 0 Å². The van der Waals surface area contributed by atoms with E-state index in [0.717, 1.165) is 11.1 Å². The molecule has 2 aromatic rings. The molecular weight excluding hydrogens is 316 g/mol. The third kappa shape index (κ3) is 4.22. The van der Waals surface area contributed by atoms with Gasteiger partial charge in [-0.25, -0.2) is 0 Å². The van der Waals surface area contributed by atoms with E-state index < -0.39 is 5.60 Å². The Hall–Kier alpha value is -2.72. The highest BCUT2D eigenvalue weighted by molar-refractivity contribution is 5.62. The van der Waals surface area contributed by atoms with E-state index in [1.165, 1.54) is 0 Å². The van der Waals surface area contributed by atoms with Gasteiger partial charge in [0.1, 0.15) is 5.60 Å². The monoisotopic (exact) mass is 340 g/mol. The summed E-state index contributed by atoms with van der Waals surface area (Å²) in [6, 6.07) is 13.2. The van der Waals surface area contributed by atoms with Gasteiger partial charge in [0.2, 0.25) is 5.75 Å². The highest BCUT2D eigenvalue weighted by Gasteiger charge is 2.24. The maximum absolute atomic E-state index is 11.1. The first-order valence-electron chi connectivity index (χ1n) is 7.96. The van der Waals surface area contributed by atoms with Crippen LogP contribution >= 0.6 is 0 Å². The number of rotatable bonds is 8. The Morgan fingerprint density at radius 3 is 2.08 bits per heavy atom. The highest BCUT2D eigenvalue weighted by atomic mass is 16.5. The van der Waals surface area contributed by atoms with Crippen molar-refractivity contribution in [3.63, 3.8) is 0 Å². The molecule has 0 saturated heterocycles. The van der Waals surface area contributed by atoms with Crippen LogP contribution in [0.5, 0.6) is 17.2 Å². The smallest absolute Gasteiger partial charge is 0.203 e. The number of methoxy groups -OCH3 is 3. The minimum atomic E-state index is -1.14. The zero-order chi connectivity index (χ0) is 18.3. The Bertz CT molecular complexity index is 712. The third-order valence-corrected chi connectivity index (χ3v) is 3.97. The lowest BCUT2D eigenvalue weighted by Gasteiger charge is -2.24. The summed E-state index contributed by atoms with van der Waals surface area (Å²) in [6.45, 7) is 3.75. The molecule has 0 bridgehead atoms. The molecule has 0 spiro atoms. The van der Waals surface area contributed by atoms with E-state index in [0.29, 0.717) is 23.7 Å². The average Bonchev–Trinajstić information content (AvgIpc) is 2.66. The fourth-order valence-corrected chi connectivity index (χ4v) is 2.66. The zero-order valence-electron chi connectivity index (χ0n) is 14.9. The number of hydrogen-bond acceptors (Lipinski definition) is 4. The second kappa shape index (κ2) is 8.40. The first-order valence-corrected chi connectivity index (χ1v) is 7.96. The van der Waals surface area contributed by atoms with E-state index in [1.54, 1.807) is 33.5 Å². The molecule has 0 aliphatic rings. The highest BCUT2D eigenvalue weighted by Crippen LogP contribution is 2.39. The van der Waals surface area contributed by atoms with Crippen LogP contribution in [-0.4, -0.2) is 26.4 Å². The number of benzene rings is 2. The summed E-state index contributed by atoms with van der Waals surface area (Å²) in [5.74, 6) is 1.66. The van der Waals surface area contributed by atoms with Gasteiger partial charge in [0.25, 0.3) is 0 Å².